The van der Waals surface area contributed by atoms with E-state index in [0.29, 0.717) is 11.3 Å². The number of hydrogen-bond donors (Lipinski definition) is 2. The minimum absolute atomic E-state index is 0.203. The van der Waals surface area contributed by atoms with Gasteiger partial charge in [-0.3, -0.25) is 19.7 Å². The summed E-state index contributed by atoms with van der Waals surface area (Å²) >= 11 is 1.55. The molecular formula is C16H20N2O3S. The van der Waals surface area contributed by atoms with Crippen LogP contribution in [0, 0.1) is 0 Å². The van der Waals surface area contributed by atoms with Crippen LogP contribution in [0.1, 0.15) is 58.6 Å². The molecule has 1 fully saturated rings. The number of rotatable bonds is 2. The zero-order valence-corrected chi connectivity index (χ0v) is 13.3. The van der Waals surface area contributed by atoms with Crippen molar-refractivity contribution in [2.75, 3.05) is 0 Å². The van der Waals surface area contributed by atoms with E-state index in [1.54, 1.807) is 11.3 Å². The first kappa shape index (κ1) is 15.2. The van der Waals surface area contributed by atoms with Gasteiger partial charge in [-0.1, -0.05) is 12.8 Å². The molecule has 0 spiro atoms. The Labute approximate surface area is 133 Å². The minimum Gasteiger partial charge on any atom is -0.340 e. The highest BCUT2D eigenvalue weighted by Crippen LogP contribution is 2.28. The molecule has 1 unspecified atom stereocenters. The van der Waals surface area contributed by atoms with Crippen LogP contribution in [0.2, 0.25) is 0 Å². The second-order valence-corrected chi connectivity index (χ2v) is 7.09. The lowest BCUT2D eigenvalue weighted by Gasteiger charge is -2.21. The molecule has 3 amide bonds. The maximum Gasteiger partial charge on any atom is 0.262 e. The van der Waals surface area contributed by atoms with Gasteiger partial charge in [0.2, 0.25) is 11.8 Å². The molecule has 1 aliphatic heterocycles. The van der Waals surface area contributed by atoms with Crippen LogP contribution in [0.5, 0.6) is 0 Å². The largest absolute Gasteiger partial charge is 0.340 e. The Bertz CT molecular complexity index is 583. The molecular weight excluding hydrogens is 300 g/mol. The van der Waals surface area contributed by atoms with Gasteiger partial charge >= 0.3 is 0 Å². The van der Waals surface area contributed by atoms with Crippen molar-refractivity contribution in [2.24, 2.45) is 0 Å². The molecule has 1 saturated heterocycles. The van der Waals surface area contributed by atoms with E-state index in [2.05, 4.69) is 10.6 Å². The van der Waals surface area contributed by atoms with Gasteiger partial charge in [-0.2, -0.15) is 0 Å². The smallest absolute Gasteiger partial charge is 0.262 e. The van der Waals surface area contributed by atoms with Crippen molar-refractivity contribution in [1.82, 2.24) is 10.6 Å². The van der Waals surface area contributed by atoms with E-state index in [9.17, 15) is 14.4 Å². The van der Waals surface area contributed by atoms with E-state index in [0.717, 1.165) is 12.8 Å². The number of carbonyl (C=O) groups is 3. The van der Waals surface area contributed by atoms with Gasteiger partial charge in [-0.05, 0) is 43.7 Å². The van der Waals surface area contributed by atoms with Crippen LogP contribution in [0.15, 0.2) is 6.07 Å². The highest BCUT2D eigenvalue weighted by molar-refractivity contribution is 7.14. The molecule has 0 aromatic carbocycles. The standard InChI is InChI=1S/C16H20N2O3S/c19-14-8-7-11(15(20)18-14)17-16(21)13-9-10-5-3-1-2-4-6-12(10)22-13/h9,11H,1-8H2,(H,17,21)(H,18,19,20). The van der Waals surface area contributed by atoms with E-state index in [1.807, 2.05) is 6.07 Å². The summed E-state index contributed by atoms with van der Waals surface area (Å²) in [6, 6.07) is 1.38. The Kier molecular flexibility index (Phi) is 4.57. The molecule has 0 saturated carbocycles. The van der Waals surface area contributed by atoms with Gasteiger partial charge in [0.05, 0.1) is 4.88 Å². The Morgan fingerprint density at radius 1 is 1.14 bits per heavy atom. The summed E-state index contributed by atoms with van der Waals surface area (Å²) < 4.78 is 0. The van der Waals surface area contributed by atoms with Crippen LogP contribution in [-0.4, -0.2) is 23.8 Å². The number of carbonyl (C=O) groups excluding carboxylic acids is 3. The highest BCUT2D eigenvalue weighted by atomic mass is 32.1. The summed E-state index contributed by atoms with van der Waals surface area (Å²) in [6.45, 7) is 0. The number of nitrogens with one attached hydrogen (secondary N) is 2. The van der Waals surface area contributed by atoms with Crippen LogP contribution in [0.25, 0.3) is 0 Å². The average Bonchev–Trinajstić information content (AvgIpc) is 2.84. The Balaban J connectivity index is 1.68. The molecule has 1 atom stereocenters. The predicted molar refractivity (Wildman–Crippen MR) is 83.8 cm³/mol. The molecule has 0 radical (unpaired) electrons. The average molecular weight is 320 g/mol. The fourth-order valence-corrected chi connectivity index (χ4v) is 4.17. The topological polar surface area (TPSA) is 75.3 Å². The maximum atomic E-state index is 12.4. The summed E-state index contributed by atoms with van der Waals surface area (Å²) in [7, 11) is 0. The summed E-state index contributed by atoms with van der Waals surface area (Å²) in [5, 5.41) is 5.02. The molecule has 2 aliphatic rings. The molecule has 2 heterocycles. The zero-order chi connectivity index (χ0) is 15.5. The van der Waals surface area contributed by atoms with Crippen molar-refractivity contribution in [3.05, 3.63) is 21.4 Å². The highest BCUT2D eigenvalue weighted by Gasteiger charge is 2.28. The first-order valence-corrected chi connectivity index (χ1v) is 8.71. The summed E-state index contributed by atoms with van der Waals surface area (Å²) in [6.07, 6.45) is 7.62. The molecule has 6 heteroatoms. The Morgan fingerprint density at radius 2 is 1.91 bits per heavy atom. The van der Waals surface area contributed by atoms with Gasteiger partial charge < -0.3 is 5.32 Å². The predicted octanol–water partition coefficient (Wildman–Crippen LogP) is 1.94. The van der Waals surface area contributed by atoms with Crippen molar-refractivity contribution in [3.8, 4) is 0 Å². The summed E-state index contributed by atoms with van der Waals surface area (Å²) in [5.41, 5.74) is 1.29. The monoisotopic (exact) mass is 320 g/mol. The molecule has 2 N–H and O–H groups in total. The van der Waals surface area contributed by atoms with Gasteiger partial charge in [0.15, 0.2) is 0 Å². The van der Waals surface area contributed by atoms with E-state index in [-0.39, 0.29) is 18.2 Å². The van der Waals surface area contributed by atoms with Crippen molar-refractivity contribution < 1.29 is 14.4 Å². The van der Waals surface area contributed by atoms with Crippen molar-refractivity contribution in [3.63, 3.8) is 0 Å². The Hall–Kier alpha value is -1.69. The molecule has 1 aromatic heterocycles. The van der Waals surface area contributed by atoms with E-state index >= 15 is 0 Å². The van der Waals surface area contributed by atoms with Crippen molar-refractivity contribution >= 4 is 29.1 Å². The molecule has 3 rings (SSSR count). The molecule has 0 bridgehead atoms. The molecule has 118 valence electrons. The second-order valence-electron chi connectivity index (χ2n) is 5.95. The normalized spacial score (nSPS) is 22.3. The van der Waals surface area contributed by atoms with E-state index in [1.165, 1.54) is 36.1 Å². The van der Waals surface area contributed by atoms with Gasteiger partial charge in [-0.25, -0.2) is 0 Å². The SMILES string of the molecule is O=C1CCC(NC(=O)c2cc3c(s2)CCCCCC3)C(=O)N1. The number of fused-ring (bicyclic) bond motifs is 1. The lowest BCUT2D eigenvalue weighted by Crippen LogP contribution is -2.52. The van der Waals surface area contributed by atoms with Gasteiger partial charge in [0.1, 0.15) is 6.04 Å². The number of amides is 3. The lowest BCUT2D eigenvalue weighted by molar-refractivity contribution is -0.134. The Morgan fingerprint density at radius 3 is 2.68 bits per heavy atom. The van der Waals surface area contributed by atoms with Crippen molar-refractivity contribution in [1.29, 1.82) is 0 Å². The third-order valence-corrected chi connectivity index (χ3v) is 5.50. The number of hydrogen-bond acceptors (Lipinski definition) is 4. The number of piperidine rings is 1. The van der Waals surface area contributed by atoms with Crippen LogP contribution in [-0.2, 0) is 22.4 Å². The van der Waals surface area contributed by atoms with Crippen LogP contribution >= 0.6 is 11.3 Å². The second kappa shape index (κ2) is 6.60. The summed E-state index contributed by atoms with van der Waals surface area (Å²) in [5.74, 6) is -0.875. The lowest BCUT2D eigenvalue weighted by atomic mass is 9.99. The van der Waals surface area contributed by atoms with Crippen LogP contribution < -0.4 is 10.6 Å². The molecule has 1 aromatic rings. The quantitative estimate of drug-likeness (QED) is 0.818. The first-order valence-electron chi connectivity index (χ1n) is 7.89. The number of thiophene rings is 1. The minimum atomic E-state index is -0.602. The third-order valence-electron chi connectivity index (χ3n) is 4.26. The number of imide groups is 1. The first-order chi connectivity index (χ1) is 10.6. The van der Waals surface area contributed by atoms with E-state index in [4.69, 9.17) is 0 Å². The van der Waals surface area contributed by atoms with Gasteiger partial charge in [-0.15, -0.1) is 11.3 Å². The van der Waals surface area contributed by atoms with E-state index < -0.39 is 11.9 Å². The molecule has 5 nitrogen and oxygen atoms in total. The number of aryl methyl sites for hydroxylation is 2. The van der Waals surface area contributed by atoms with Crippen LogP contribution in [0.3, 0.4) is 0 Å². The fraction of sp³-hybridized carbons (Fsp3) is 0.562. The summed E-state index contributed by atoms with van der Waals surface area (Å²) in [4.78, 5) is 37.2. The van der Waals surface area contributed by atoms with Crippen LogP contribution in [0.4, 0.5) is 0 Å². The van der Waals surface area contributed by atoms with Gasteiger partial charge in [0.25, 0.3) is 5.91 Å². The zero-order valence-electron chi connectivity index (χ0n) is 12.4. The maximum absolute atomic E-state index is 12.4. The van der Waals surface area contributed by atoms with Crippen molar-refractivity contribution in [2.45, 2.75) is 57.4 Å². The fourth-order valence-electron chi connectivity index (χ4n) is 3.02. The molecule has 1 aliphatic carbocycles. The third kappa shape index (κ3) is 3.38. The van der Waals surface area contributed by atoms with Gasteiger partial charge in [0, 0.05) is 11.3 Å². The molecule has 22 heavy (non-hydrogen) atoms.